The summed E-state index contributed by atoms with van der Waals surface area (Å²) in [5.74, 6) is -0.259. The smallest absolute Gasteiger partial charge is 0.387 e. The van der Waals surface area contributed by atoms with Gasteiger partial charge in [0.15, 0.2) is 0 Å². The van der Waals surface area contributed by atoms with Gasteiger partial charge in [0.2, 0.25) is 5.78 Å². The second-order valence-corrected chi connectivity index (χ2v) is 6.40. The number of carbonyl (C=O) groups excluding carboxylic acids is 1. The van der Waals surface area contributed by atoms with Gasteiger partial charge in [-0.3, -0.25) is 4.79 Å². The van der Waals surface area contributed by atoms with E-state index in [0.717, 1.165) is 11.3 Å². The summed E-state index contributed by atoms with van der Waals surface area (Å²) in [6.07, 6.45) is 0. The number of alkyl halides is 2. The highest BCUT2D eigenvalue weighted by molar-refractivity contribution is 7.19. The summed E-state index contributed by atoms with van der Waals surface area (Å²) in [6.45, 7) is -2.90. The molecular weight excluding hydrogens is 372 g/mol. The number of nitrogen functional groups attached to an aromatic ring is 1. The van der Waals surface area contributed by atoms with Crippen molar-refractivity contribution in [1.82, 2.24) is 0 Å². The number of nitrogens with one attached hydrogen (secondary N) is 1. The van der Waals surface area contributed by atoms with Crippen LogP contribution in [0.15, 0.2) is 54.6 Å². The summed E-state index contributed by atoms with van der Waals surface area (Å²) in [4.78, 5) is 12.9. The molecule has 136 valence electrons. The molecule has 0 aliphatic rings. The van der Waals surface area contributed by atoms with Gasteiger partial charge in [-0.1, -0.05) is 30.3 Å². The molecule has 0 unspecified atom stereocenters. The van der Waals surface area contributed by atoms with Gasteiger partial charge < -0.3 is 15.8 Å². The molecule has 27 heavy (non-hydrogen) atoms. The highest BCUT2D eigenvalue weighted by atomic mass is 32.1. The van der Waals surface area contributed by atoms with Crippen LogP contribution in [0.4, 0.5) is 25.2 Å². The zero-order valence-electron chi connectivity index (χ0n) is 13.8. The maximum Gasteiger partial charge on any atom is 0.387 e. The first-order valence-electron chi connectivity index (χ1n) is 7.73. The first-order valence-corrected chi connectivity index (χ1v) is 8.55. The average Bonchev–Trinajstić information content (AvgIpc) is 2.98. The predicted octanol–water partition coefficient (Wildman–Crippen LogP) is 4.78. The van der Waals surface area contributed by atoms with E-state index in [1.165, 1.54) is 24.3 Å². The normalized spacial score (nSPS) is 10.4. The summed E-state index contributed by atoms with van der Waals surface area (Å²) in [5, 5.41) is 12.8. The third-order valence-electron chi connectivity index (χ3n) is 3.64. The number of benzene rings is 2. The minimum Gasteiger partial charge on any atom is -0.435 e. The maximum absolute atomic E-state index is 12.7. The van der Waals surface area contributed by atoms with Crippen molar-refractivity contribution in [3.63, 3.8) is 0 Å². The van der Waals surface area contributed by atoms with Gasteiger partial charge in [-0.15, -0.1) is 11.3 Å². The molecule has 0 saturated heterocycles. The summed E-state index contributed by atoms with van der Waals surface area (Å²) in [6, 6.07) is 16.4. The number of ether oxygens (including phenoxy) is 1. The van der Waals surface area contributed by atoms with Crippen LogP contribution in [0.5, 0.6) is 5.75 Å². The van der Waals surface area contributed by atoms with E-state index in [1.807, 2.05) is 6.07 Å². The van der Waals surface area contributed by atoms with Gasteiger partial charge in [0.05, 0.1) is 5.69 Å². The lowest BCUT2D eigenvalue weighted by Gasteiger charge is -2.07. The Morgan fingerprint density at radius 1 is 1.15 bits per heavy atom. The molecule has 3 rings (SSSR count). The Kier molecular flexibility index (Phi) is 5.33. The van der Waals surface area contributed by atoms with E-state index >= 15 is 0 Å². The van der Waals surface area contributed by atoms with Crippen LogP contribution in [0.1, 0.15) is 20.8 Å². The molecule has 2 aromatic carbocycles. The minimum absolute atomic E-state index is 0.0155. The van der Waals surface area contributed by atoms with E-state index in [9.17, 15) is 18.8 Å². The second kappa shape index (κ2) is 7.85. The maximum atomic E-state index is 12.7. The molecule has 0 spiro atoms. The number of nitrogens with two attached hydrogens (primary N) is 1. The topological polar surface area (TPSA) is 88.1 Å². The SMILES string of the molecule is N#Cc1c(Nc2ccc(OC(F)F)cc2)sc(C(=O)c2ccccc2)c1N. The van der Waals surface area contributed by atoms with Crippen LogP contribution in [0.25, 0.3) is 0 Å². The van der Waals surface area contributed by atoms with Crippen molar-refractivity contribution < 1.29 is 18.3 Å². The lowest BCUT2D eigenvalue weighted by Crippen LogP contribution is -2.02. The average molecular weight is 385 g/mol. The number of nitriles is 1. The largest absolute Gasteiger partial charge is 0.435 e. The third kappa shape index (κ3) is 4.04. The predicted molar refractivity (Wildman–Crippen MR) is 99.7 cm³/mol. The van der Waals surface area contributed by atoms with Gasteiger partial charge in [0.1, 0.15) is 27.3 Å². The van der Waals surface area contributed by atoms with Crippen molar-refractivity contribution in [3.05, 3.63) is 70.6 Å². The van der Waals surface area contributed by atoms with Crippen LogP contribution in [-0.2, 0) is 0 Å². The number of halogens is 2. The van der Waals surface area contributed by atoms with Crippen molar-refractivity contribution in [1.29, 1.82) is 5.26 Å². The monoisotopic (exact) mass is 385 g/mol. The first-order chi connectivity index (χ1) is 13.0. The van der Waals surface area contributed by atoms with E-state index in [1.54, 1.807) is 30.3 Å². The van der Waals surface area contributed by atoms with Gasteiger partial charge in [0, 0.05) is 11.3 Å². The van der Waals surface area contributed by atoms with Crippen LogP contribution in [0.3, 0.4) is 0 Å². The lowest BCUT2D eigenvalue weighted by atomic mass is 10.1. The summed E-state index contributed by atoms with van der Waals surface area (Å²) < 4.78 is 28.7. The Bertz CT molecular complexity index is 996. The quantitative estimate of drug-likeness (QED) is 0.596. The van der Waals surface area contributed by atoms with Crippen LogP contribution in [-0.4, -0.2) is 12.4 Å². The number of anilines is 3. The molecule has 1 aromatic heterocycles. The van der Waals surface area contributed by atoms with Gasteiger partial charge in [-0.25, -0.2) is 0 Å². The van der Waals surface area contributed by atoms with Gasteiger partial charge in [-0.05, 0) is 24.3 Å². The van der Waals surface area contributed by atoms with Crippen LogP contribution >= 0.6 is 11.3 Å². The number of thiophene rings is 1. The van der Waals surface area contributed by atoms with E-state index < -0.39 is 6.61 Å². The van der Waals surface area contributed by atoms with Crippen molar-refractivity contribution in [2.45, 2.75) is 6.61 Å². The molecule has 8 heteroatoms. The van der Waals surface area contributed by atoms with Crippen molar-refractivity contribution in [3.8, 4) is 11.8 Å². The first kappa shape index (κ1) is 18.4. The second-order valence-electron chi connectivity index (χ2n) is 5.38. The van der Waals surface area contributed by atoms with Gasteiger partial charge in [-0.2, -0.15) is 14.0 Å². The standard InChI is InChI=1S/C19H13F2N3O2S/c20-19(21)26-13-8-6-12(7-9-13)24-18-14(10-22)15(23)17(27-18)16(25)11-4-2-1-3-5-11/h1-9,19,24H,23H2. The third-order valence-corrected chi connectivity index (χ3v) is 4.76. The molecule has 0 saturated carbocycles. The Labute approximate surface area is 157 Å². The number of nitrogens with zero attached hydrogens (tertiary/aromatic N) is 1. The highest BCUT2D eigenvalue weighted by Crippen LogP contribution is 2.38. The van der Waals surface area contributed by atoms with Gasteiger partial charge >= 0.3 is 6.61 Å². The van der Waals surface area contributed by atoms with Crippen molar-refractivity contribution >= 4 is 33.5 Å². The molecule has 3 aromatic rings. The minimum atomic E-state index is -2.90. The lowest BCUT2D eigenvalue weighted by molar-refractivity contribution is -0.0498. The summed E-state index contributed by atoms with van der Waals surface area (Å²) >= 11 is 1.06. The number of ketones is 1. The number of rotatable bonds is 6. The molecule has 1 heterocycles. The number of carbonyl (C=O) groups is 1. The van der Waals surface area contributed by atoms with Crippen molar-refractivity contribution in [2.75, 3.05) is 11.1 Å². The Morgan fingerprint density at radius 3 is 2.41 bits per heavy atom. The molecule has 5 nitrogen and oxygen atoms in total. The van der Waals surface area contributed by atoms with Gasteiger partial charge in [0.25, 0.3) is 0 Å². The van der Waals surface area contributed by atoms with E-state index in [0.29, 0.717) is 16.3 Å². The van der Waals surface area contributed by atoms with Crippen LogP contribution in [0.2, 0.25) is 0 Å². The molecule has 0 aliphatic heterocycles. The number of hydrogen-bond acceptors (Lipinski definition) is 6. The molecule has 0 radical (unpaired) electrons. The molecule has 0 fully saturated rings. The van der Waals surface area contributed by atoms with E-state index in [-0.39, 0.29) is 27.7 Å². The fourth-order valence-electron chi connectivity index (χ4n) is 2.38. The molecule has 0 amide bonds. The Balaban J connectivity index is 1.88. The molecule has 0 atom stereocenters. The molecule has 3 N–H and O–H groups in total. The molecular formula is C19H13F2N3O2S. The number of hydrogen-bond donors (Lipinski definition) is 2. The molecule has 0 aliphatic carbocycles. The Hall–Kier alpha value is -3.44. The fraction of sp³-hybridized carbons (Fsp3) is 0.0526. The van der Waals surface area contributed by atoms with Crippen LogP contribution in [0, 0.1) is 11.3 Å². The van der Waals surface area contributed by atoms with Crippen molar-refractivity contribution in [2.24, 2.45) is 0 Å². The fourth-order valence-corrected chi connectivity index (χ4v) is 3.44. The Morgan fingerprint density at radius 2 is 1.81 bits per heavy atom. The van der Waals surface area contributed by atoms with Crippen LogP contribution < -0.4 is 15.8 Å². The zero-order chi connectivity index (χ0) is 19.4. The highest BCUT2D eigenvalue weighted by Gasteiger charge is 2.22. The molecule has 0 bridgehead atoms. The van der Waals surface area contributed by atoms with E-state index in [4.69, 9.17) is 5.73 Å². The zero-order valence-corrected chi connectivity index (χ0v) is 14.6. The summed E-state index contributed by atoms with van der Waals surface area (Å²) in [5.41, 5.74) is 7.28. The van der Waals surface area contributed by atoms with E-state index in [2.05, 4.69) is 10.1 Å². The summed E-state index contributed by atoms with van der Waals surface area (Å²) in [7, 11) is 0.